The van der Waals surface area contributed by atoms with Crippen LogP contribution in [-0.2, 0) is 4.79 Å². The third-order valence-electron chi connectivity index (χ3n) is 3.81. The molecule has 1 N–H and O–H groups in total. The molecule has 0 saturated heterocycles. The summed E-state index contributed by atoms with van der Waals surface area (Å²) in [7, 11) is 0. The van der Waals surface area contributed by atoms with Gasteiger partial charge >= 0.3 is 0 Å². The van der Waals surface area contributed by atoms with Gasteiger partial charge < -0.3 is 9.73 Å². The van der Waals surface area contributed by atoms with Gasteiger partial charge in [0.05, 0.1) is 0 Å². The van der Waals surface area contributed by atoms with E-state index in [1.807, 2.05) is 62.4 Å². The number of nitrogens with zero attached hydrogens (tertiary/aromatic N) is 2. The summed E-state index contributed by atoms with van der Waals surface area (Å²) in [6, 6.07) is 15.7. The zero-order chi connectivity index (χ0) is 18.4. The molecule has 0 fully saturated rings. The van der Waals surface area contributed by atoms with E-state index in [1.54, 1.807) is 0 Å². The van der Waals surface area contributed by atoms with Gasteiger partial charge in [0, 0.05) is 23.4 Å². The normalized spacial score (nSPS) is 10.7. The molecule has 6 heteroatoms. The lowest BCUT2D eigenvalue weighted by Crippen LogP contribution is -2.11. The summed E-state index contributed by atoms with van der Waals surface area (Å²) in [6.45, 7) is 4.05. The first kappa shape index (κ1) is 18.2. The van der Waals surface area contributed by atoms with E-state index >= 15 is 0 Å². The molecule has 26 heavy (non-hydrogen) atoms. The van der Waals surface area contributed by atoms with Crippen LogP contribution in [0.2, 0.25) is 0 Å². The number of aryl methyl sites for hydroxylation is 2. The molecule has 2 aromatic carbocycles. The second kappa shape index (κ2) is 8.67. The highest BCUT2D eigenvalue weighted by Gasteiger charge is 2.09. The molecule has 0 saturated carbocycles. The summed E-state index contributed by atoms with van der Waals surface area (Å²) >= 11 is 1.47. The molecule has 0 unspecified atom stereocenters. The molecule has 3 aromatic rings. The van der Waals surface area contributed by atoms with Gasteiger partial charge in [0.15, 0.2) is 0 Å². The van der Waals surface area contributed by atoms with E-state index in [4.69, 9.17) is 4.42 Å². The quantitative estimate of drug-likeness (QED) is 0.477. The highest BCUT2D eigenvalue weighted by molar-refractivity contribution is 7.99. The number of carbonyl (C=O) groups excluding carboxylic acids is 1. The van der Waals surface area contributed by atoms with Crippen molar-refractivity contribution in [3.05, 3.63) is 59.7 Å². The van der Waals surface area contributed by atoms with Crippen molar-refractivity contribution in [1.82, 2.24) is 10.2 Å². The van der Waals surface area contributed by atoms with Crippen molar-refractivity contribution in [3.63, 3.8) is 0 Å². The van der Waals surface area contributed by atoms with E-state index in [9.17, 15) is 4.79 Å². The van der Waals surface area contributed by atoms with Crippen molar-refractivity contribution < 1.29 is 9.21 Å². The van der Waals surface area contributed by atoms with E-state index in [-0.39, 0.29) is 5.91 Å². The Morgan fingerprint density at radius 1 is 1.00 bits per heavy atom. The van der Waals surface area contributed by atoms with Gasteiger partial charge in [0.1, 0.15) is 0 Å². The Morgan fingerprint density at radius 3 is 2.35 bits per heavy atom. The summed E-state index contributed by atoms with van der Waals surface area (Å²) in [4.78, 5) is 12.0. The van der Waals surface area contributed by atoms with Crippen molar-refractivity contribution in [2.45, 2.75) is 31.9 Å². The average molecular weight is 367 g/mol. The third kappa shape index (κ3) is 5.20. The largest absolute Gasteiger partial charge is 0.411 e. The minimum atomic E-state index is 0.0142. The van der Waals surface area contributed by atoms with Gasteiger partial charge in [-0.15, -0.1) is 10.2 Å². The number of hydrogen-bond acceptors (Lipinski definition) is 5. The van der Waals surface area contributed by atoms with Crippen LogP contribution < -0.4 is 5.32 Å². The van der Waals surface area contributed by atoms with Crippen LogP contribution in [0.4, 0.5) is 5.69 Å². The van der Waals surface area contributed by atoms with Gasteiger partial charge in [-0.1, -0.05) is 47.2 Å². The number of aromatic nitrogens is 2. The lowest BCUT2D eigenvalue weighted by Gasteiger charge is -2.05. The fraction of sp³-hybridized carbons (Fsp3) is 0.250. The Morgan fingerprint density at radius 2 is 1.65 bits per heavy atom. The van der Waals surface area contributed by atoms with E-state index < -0.39 is 0 Å². The first-order valence-corrected chi connectivity index (χ1v) is 9.48. The monoisotopic (exact) mass is 367 g/mol. The number of amides is 1. The van der Waals surface area contributed by atoms with Crippen LogP contribution >= 0.6 is 11.8 Å². The van der Waals surface area contributed by atoms with Crippen LogP contribution in [-0.4, -0.2) is 21.9 Å². The molecule has 0 bridgehead atoms. The zero-order valence-corrected chi connectivity index (χ0v) is 15.7. The molecule has 1 amide bonds. The number of carbonyl (C=O) groups is 1. The van der Waals surface area contributed by atoms with Crippen LogP contribution in [0.1, 0.15) is 24.0 Å². The van der Waals surface area contributed by atoms with Crippen LogP contribution in [0.25, 0.3) is 11.5 Å². The maximum atomic E-state index is 12.0. The van der Waals surface area contributed by atoms with Crippen LogP contribution in [0.5, 0.6) is 0 Å². The second-order valence-electron chi connectivity index (χ2n) is 6.11. The molecular formula is C20H21N3O2S. The fourth-order valence-corrected chi connectivity index (χ4v) is 3.03. The van der Waals surface area contributed by atoms with Gasteiger partial charge in [-0.3, -0.25) is 4.79 Å². The number of nitrogens with one attached hydrogen (secondary N) is 1. The molecule has 0 atom stereocenters. The molecule has 3 rings (SSSR count). The van der Waals surface area contributed by atoms with Gasteiger partial charge in [0.25, 0.3) is 5.22 Å². The van der Waals surface area contributed by atoms with Crippen molar-refractivity contribution in [2.75, 3.05) is 11.1 Å². The maximum absolute atomic E-state index is 12.0. The van der Waals surface area contributed by atoms with Crippen LogP contribution in [0.3, 0.4) is 0 Å². The van der Waals surface area contributed by atoms with Gasteiger partial charge in [-0.25, -0.2) is 0 Å². The molecule has 0 aliphatic carbocycles. The molecule has 0 spiro atoms. The zero-order valence-electron chi connectivity index (χ0n) is 14.9. The van der Waals surface area contributed by atoms with Crippen LogP contribution in [0.15, 0.2) is 58.2 Å². The molecule has 5 nitrogen and oxygen atoms in total. The second-order valence-corrected chi connectivity index (χ2v) is 7.15. The average Bonchev–Trinajstić information content (AvgIpc) is 3.10. The summed E-state index contributed by atoms with van der Waals surface area (Å²) < 4.78 is 5.66. The molecule has 1 heterocycles. The van der Waals surface area contributed by atoms with Gasteiger partial charge in [-0.05, 0) is 44.5 Å². The first-order chi connectivity index (χ1) is 12.6. The van der Waals surface area contributed by atoms with Crippen molar-refractivity contribution in [1.29, 1.82) is 0 Å². The molecule has 0 aliphatic heterocycles. The Kier molecular flexibility index (Phi) is 6.07. The smallest absolute Gasteiger partial charge is 0.276 e. The van der Waals surface area contributed by atoms with E-state index in [1.165, 1.54) is 22.9 Å². The fourth-order valence-electron chi connectivity index (χ4n) is 2.33. The molecule has 134 valence electrons. The molecular weight excluding hydrogens is 346 g/mol. The van der Waals surface area contributed by atoms with Crippen molar-refractivity contribution >= 4 is 23.4 Å². The van der Waals surface area contributed by atoms with Gasteiger partial charge in [0.2, 0.25) is 11.8 Å². The molecule has 1 aromatic heterocycles. The first-order valence-electron chi connectivity index (χ1n) is 8.50. The Labute approximate surface area is 157 Å². The Balaban J connectivity index is 1.41. The lowest BCUT2D eigenvalue weighted by atomic mass is 10.1. The standard InChI is InChI=1S/C20H21N3O2S/c1-14-5-9-16(10-6-14)19-22-23-20(25-19)26-13-3-4-18(24)21-17-11-7-15(2)8-12-17/h5-12H,3-4,13H2,1-2H3,(H,21,24). The van der Waals surface area contributed by atoms with E-state index in [0.29, 0.717) is 17.5 Å². The van der Waals surface area contributed by atoms with Gasteiger partial charge in [-0.2, -0.15) is 0 Å². The lowest BCUT2D eigenvalue weighted by molar-refractivity contribution is -0.116. The SMILES string of the molecule is Cc1ccc(NC(=O)CCCSc2nnc(-c3ccc(C)cc3)o2)cc1. The minimum Gasteiger partial charge on any atom is -0.411 e. The Bertz CT molecular complexity index is 858. The summed E-state index contributed by atoms with van der Waals surface area (Å²) in [5.74, 6) is 1.28. The third-order valence-corrected chi connectivity index (χ3v) is 4.72. The predicted octanol–water partition coefficient (Wildman–Crippen LogP) is 4.86. The summed E-state index contributed by atoms with van der Waals surface area (Å²) in [6.07, 6.45) is 1.20. The molecule has 0 aliphatic rings. The predicted molar refractivity (Wildman–Crippen MR) is 104 cm³/mol. The Hall–Kier alpha value is -2.60. The summed E-state index contributed by atoms with van der Waals surface area (Å²) in [5, 5.41) is 11.6. The summed E-state index contributed by atoms with van der Waals surface area (Å²) in [5.41, 5.74) is 4.09. The number of thioether (sulfide) groups is 1. The van der Waals surface area contributed by atoms with Crippen molar-refractivity contribution in [3.8, 4) is 11.5 Å². The highest BCUT2D eigenvalue weighted by Crippen LogP contribution is 2.24. The minimum absolute atomic E-state index is 0.0142. The number of anilines is 1. The van der Waals surface area contributed by atoms with E-state index in [0.717, 1.165) is 23.4 Å². The number of rotatable bonds is 7. The van der Waals surface area contributed by atoms with E-state index in [2.05, 4.69) is 15.5 Å². The molecule has 0 radical (unpaired) electrons. The van der Waals surface area contributed by atoms with Crippen LogP contribution in [0, 0.1) is 13.8 Å². The van der Waals surface area contributed by atoms with Crippen molar-refractivity contribution in [2.24, 2.45) is 0 Å². The number of benzene rings is 2. The number of hydrogen-bond donors (Lipinski definition) is 1. The maximum Gasteiger partial charge on any atom is 0.276 e. The topological polar surface area (TPSA) is 68.0 Å². The highest BCUT2D eigenvalue weighted by atomic mass is 32.2.